The molecular formula is C16H18N2O3. The zero-order chi connectivity index (χ0) is 14.8. The molecule has 2 aliphatic heterocycles. The Bertz CT molecular complexity index is 611. The Balaban J connectivity index is 1.89. The number of allylic oxidation sites excluding steroid dienone is 1. The van der Waals surface area contributed by atoms with Crippen molar-refractivity contribution in [1.29, 1.82) is 0 Å². The fourth-order valence-electron chi connectivity index (χ4n) is 3.10. The molecule has 0 bridgehead atoms. The molecule has 3 aliphatic rings. The number of Topliss-reactive ketones (excluding diaryl/α,β-unsaturated/α-hetero) is 1. The van der Waals surface area contributed by atoms with Crippen molar-refractivity contribution < 1.29 is 14.3 Å². The summed E-state index contributed by atoms with van der Waals surface area (Å²) in [7, 11) is 1.35. The van der Waals surface area contributed by atoms with Gasteiger partial charge in [0.25, 0.3) is 0 Å². The molecule has 21 heavy (non-hydrogen) atoms. The Morgan fingerprint density at radius 1 is 1.43 bits per heavy atom. The van der Waals surface area contributed by atoms with E-state index in [1.807, 2.05) is 6.08 Å². The van der Waals surface area contributed by atoms with Crippen LogP contribution in [0, 0.1) is 0 Å². The largest absolute Gasteiger partial charge is 0.469 e. The van der Waals surface area contributed by atoms with Gasteiger partial charge < -0.3 is 4.74 Å². The second-order valence-electron chi connectivity index (χ2n) is 5.45. The van der Waals surface area contributed by atoms with Gasteiger partial charge in [-0.05, 0) is 37.3 Å². The maximum atomic E-state index is 12.7. The number of methoxy groups -OCH3 is 1. The van der Waals surface area contributed by atoms with E-state index in [1.54, 1.807) is 6.21 Å². The first-order valence-electron chi connectivity index (χ1n) is 7.31. The first kappa shape index (κ1) is 13.9. The standard InChI is InChI=1S/C16H18N2O3/c1-21-14(19)6-5-13-16(20)11-3-2-4-12-15(11)10(9-18-12)7-8-17-13/h7-8,13H,2-6,9H2,1H3/b10-7-,17-8?. The van der Waals surface area contributed by atoms with Crippen molar-refractivity contribution in [2.24, 2.45) is 9.98 Å². The molecule has 0 aromatic heterocycles. The summed E-state index contributed by atoms with van der Waals surface area (Å²) in [5, 5.41) is 0. The van der Waals surface area contributed by atoms with Crippen LogP contribution in [-0.2, 0) is 14.3 Å². The van der Waals surface area contributed by atoms with E-state index in [9.17, 15) is 9.59 Å². The highest BCUT2D eigenvalue weighted by Crippen LogP contribution is 2.34. The number of carbonyl (C=O) groups excluding carboxylic acids is 2. The van der Waals surface area contributed by atoms with E-state index >= 15 is 0 Å². The third-order valence-electron chi connectivity index (χ3n) is 4.18. The van der Waals surface area contributed by atoms with Gasteiger partial charge in [0.1, 0.15) is 6.04 Å². The molecule has 5 heteroatoms. The van der Waals surface area contributed by atoms with Crippen LogP contribution in [0.1, 0.15) is 32.1 Å². The van der Waals surface area contributed by atoms with Crippen LogP contribution in [0.5, 0.6) is 0 Å². The van der Waals surface area contributed by atoms with Gasteiger partial charge in [0.15, 0.2) is 5.78 Å². The molecule has 1 unspecified atom stereocenters. The van der Waals surface area contributed by atoms with E-state index in [-0.39, 0.29) is 18.2 Å². The predicted molar refractivity (Wildman–Crippen MR) is 79.8 cm³/mol. The highest BCUT2D eigenvalue weighted by atomic mass is 16.5. The van der Waals surface area contributed by atoms with Crippen LogP contribution in [0.2, 0.25) is 0 Å². The van der Waals surface area contributed by atoms with Crippen molar-refractivity contribution in [3.05, 3.63) is 22.8 Å². The molecule has 3 rings (SSSR count). The van der Waals surface area contributed by atoms with Crippen molar-refractivity contribution in [1.82, 2.24) is 0 Å². The minimum Gasteiger partial charge on any atom is -0.469 e. The molecule has 2 heterocycles. The molecule has 1 aliphatic carbocycles. The summed E-state index contributed by atoms with van der Waals surface area (Å²) in [5.41, 5.74) is 4.08. The second-order valence-corrected chi connectivity index (χ2v) is 5.45. The third-order valence-corrected chi connectivity index (χ3v) is 4.18. The van der Waals surface area contributed by atoms with Gasteiger partial charge in [-0.25, -0.2) is 0 Å². The highest BCUT2D eigenvalue weighted by molar-refractivity contribution is 6.16. The van der Waals surface area contributed by atoms with Crippen LogP contribution >= 0.6 is 0 Å². The summed E-state index contributed by atoms with van der Waals surface area (Å²) >= 11 is 0. The Labute approximate surface area is 123 Å². The zero-order valence-electron chi connectivity index (χ0n) is 12.1. The number of aliphatic imine (C=N–C) groups is 2. The first-order valence-corrected chi connectivity index (χ1v) is 7.31. The number of ketones is 1. The number of rotatable bonds is 3. The topological polar surface area (TPSA) is 68.1 Å². The minimum atomic E-state index is -0.482. The molecule has 0 N–H and O–H groups in total. The molecule has 0 aromatic carbocycles. The first-order chi connectivity index (χ1) is 10.2. The lowest BCUT2D eigenvalue weighted by Crippen LogP contribution is -2.27. The highest BCUT2D eigenvalue weighted by Gasteiger charge is 2.33. The zero-order valence-corrected chi connectivity index (χ0v) is 12.1. The van der Waals surface area contributed by atoms with Crippen molar-refractivity contribution in [3.63, 3.8) is 0 Å². The van der Waals surface area contributed by atoms with Gasteiger partial charge in [0.05, 0.1) is 13.7 Å². The summed E-state index contributed by atoms with van der Waals surface area (Å²) in [6.45, 7) is 0.653. The number of ether oxygens (including phenoxy) is 1. The lowest BCUT2D eigenvalue weighted by atomic mass is 9.82. The molecule has 110 valence electrons. The van der Waals surface area contributed by atoms with Crippen molar-refractivity contribution in [2.75, 3.05) is 13.7 Å². The average molecular weight is 286 g/mol. The number of esters is 1. The van der Waals surface area contributed by atoms with Crippen molar-refractivity contribution in [2.45, 2.75) is 38.1 Å². The van der Waals surface area contributed by atoms with E-state index < -0.39 is 6.04 Å². The fraction of sp³-hybridized carbons (Fsp3) is 0.500. The molecule has 0 spiro atoms. The second kappa shape index (κ2) is 5.76. The van der Waals surface area contributed by atoms with Crippen LogP contribution in [0.4, 0.5) is 0 Å². The SMILES string of the molecule is COC(=O)CCC1N=C/C=C2/CN=C3CCCC(=C32)C1=O. The van der Waals surface area contributed by atoms with Crippen LogP contribution in [0.15, 0.2) is 32.8 Å². The van der Waals surface area contributed by atoms with Crippen LogP contribution in [-0.4, -0.2) is 43.4 Å². The van der Waals surface area contributed by atoms with E-state index in [1.165, 1.54) is 7.11 Å². The van der Waals surface area contributed by atoms with Crippen molar-refractivity contribution in [3.8, 4) is 0 Å². The van der Waals surface area contributed by atoms with Gasteiger partial charge >= 0.3 is 5.97 Å². The Morgan fingerprint density at radius 2 is 2.29 bits per heavy atom. The maximum absolute atomic E-state index is 12.7. The minimum absolute atomic E-state index is 0.0463. The summed E-state index contributed by atoms with van der Waals surface area (Å²) in [6, 6.07) is -0.482. The Kier molecular flexibility index (Phi) is 3.82. The smallest absolute Gasteiger partial charge is 0.305 e. The average Bonchev–Trinajstić information content (AvgIpc) is 2.91. The summed E-state index contributed by atoms with van der Waals surface area (Å²) in [5.74, 6) is -0.259. The van der Waals surface area contributed by atoms with Crippen LogP contribution in [0.3, 0.4) is 0 Å². The van der Waals surface area contributed by atoms with Gasteiger partial charge in [-0.15, -0.1) is 0 Å². The Hall–Kier alpha value is -2.04. The van der Waals surface area contributed by atoms with Gasteiger partial charge in [0.2, 0.25) is 0 Å². The molecule has 0 saturated carbocycles. The lowest BCUT2D eigenvalue weighted by Gasteiger charge is -2.22. The third kappa shape index (κ3) is 2.60. The number of hydrogen-bond donors (Lipinski definition) is 0. The maximum Gasteiger partial charge on any atom is 0.305 e. The van der Waals surface area contributed by atoms with Crippen molar-refractivity contribution >= 4 is 23.7 Å². The predicted octanol–water partition coefficient (Wildman–Crippen LogP) is 1.82. The fourth-order valence-corrected chi connectivity index (χ4v) is 3.10. The van der Waals surface area contributed by atoms with Gasteiger partial charge in [-0.1, -0.05) is 0 Å². The summed E-state index contributed by atoms with van der Waals surface area (Å²) in [6.07, 6.45) is 6.95. The lowest BCUT2D eigenvalue weighted by molar-refractivity contribution is -0.140. The number of hydrogen-bond acceptors (Lipinski definition) is 5. The summed E-state index contributed by atoms with van der Waals surface area (Å²) < 4.78 is 4.64. The van der Waals surface area contributed by atoms with E-state index in [2.05, 4.69) is 14.7 Å². The number of carbonyl (C=O) groups is 2. The van der Waals surface area contributed by atoms with Gasteiger partial charge in [0, 0.05) is 29.5 Å². The molecule has 0 fully saturated rings. The molecule has 0 radical (unpaired) electrons. The molecule has 0 aromatic rings. The molecule has 0 amide bonds. The van der Waals surface area contributed by atoms with Gasteiger partial charge in [-0.2, -0.15) is 0 Å². The van der Waals surface area contributed by atoms with E-state index in [4.69, 9.17) is 0 Å². The molecule has 5 nitrogen and oxygen atoms in total. The normalized spacial score (nSPS) is 26.5. The monoisotopic (exact) mass is 286 g/mol. The summed E-state index contributed by atoms with van der Waals surface area (Å²) in [4.78, 5) is 32.9. The van der Waals surface area contributed by atoms with E-state index in [0.717, 1.165) is 41.7 Å². The quantitative estimate of drug-likeness (QED) is 0.743. The Morgan fingerprint density at radius 3 is 3.10 bits per heavy atom. The molecule has 1 atom stereocenters. The molecule has 0 saturated heterocycles. The number of nitrogens with zero attached hydrogens (tertiary/aromatic N) is 2. The molecular weight excluding hydrogens is 268 g/mol. The van der Waals surface area contributed by atoms with Crippen LogP contribution in [0.25, 0.3) is 0 Å². The van der Waals surface area contributed by atoms with Crippen LogP contribution < -0.4 is 0 Å². The van der Waals surface area contributed by atoms with Gasteiger partial charge in [-0.3, -0.25) is 19.6 Å². The van der Waals surface area contributed by atoms with E-state index in [0.29, 0.717) is 13.0 Å².